The van der Waals surface area contributed by atoms with Gasteiger partial charge in [-0.25, -0.2) is 0 Å². The van der Waals surface area contributed by atoms with E-state index in [1.165, 1.54) is 0 Å². The van der Waals surface area contributed by atoms with Crippen LogP contribution >= 0.6 is 11.6 Å². The van der Waals surface area contributed by atoms with Crippen molar-refractivity contribution >= 4 is 23.6 Å². The minimum atomic E-state index is -0.434. The highest BCUT2D eigenvalue weighted by molar-refractivity contribution is 6.30. The van der Waals surface area contributed by atoms with Crippen LogP contribution in [0.4, 0.5) is 0 Å². The van der Waals surface area contributed by atoms with Crippen LogP contribution in [0.3, 0.4) is 0 Å². The Morgan fingerprint density at radius 2 is 1.93 bits per heavy atom. The van der Waals surface area contributed by atoms with Gasteiger partial charge in [-0.2, -0.15) is 5.26 Å². The van der Waals surface area contributed by atoms with E-state index in [2.05, 4.69) is 39.9 Å². The Labute approximate surface area is 174 Å². The predicted octanol–water partition coefficient (Wildman–Crippen LogP) is 6.00. The number of hydrogen-bond donors (Lipinski definition) is 1. The maximum Gasteiger partial charge on any atom is 0.262 e. The van der Waals surface area contributed by atoms with E-state index in [1.54, 1.807) is 24.3 Å². The van der Waals surface area contributed by atoms with Crippen molar-refractivity contribution in [3.8, 4) is 11.8 Å². The lowest BCUT2D eigenvalue weighted by molar-refractivity contribution is -0.118. The third-order valence-corrected chi connectivity index (χ3v) is 4.25. The molecule has 1 aromatic rings. The van der Waals surface area contributed by atoms with Crippen molar-refractivity contribution in [2.75, 3.05) is 6.61 Å². The molecule has 4 nitrogen and oxygen atoms in total. The molecule has 0 bridgehead atoms. The van der Waals surface area contributed by atoms with Gasteiger partial charge in [-0.1, -0.05) is 46.2 Å². The Balaban J connectivity index is 3.06. The lowest BCUT2D eigenvalue weighted by Gasteiger charge is -2.33. The van der Waals surface area contributed by atoms with E-state index in [1.807, 2.05) is 19.9 Å². The second-order valence-electron chi connectivity index (χ2n) is 9.46. The van der Waals surface area contributed by atoms with E-state index in [0.717, 1.165) is 12.8 Å². The third-order valence-electron chi connectivity index (χ3n) is 4.01. The number of ether oxygens (including phenoxy) is 1. The highest BCUT2D eigenvalue weighted by Crippen LogP contribution is 2.28. The number of amides is 1. The van der Waals surface area contributed by atoms with E-state index in [0.29, 0.717) is 28.9 Å². The van der Waals surface area contributed by atoms with Crippen LogP contribution in [0.15, 0.2) is 23.8 Å². The molecule has 1 N–H and O–H groups in total. The van der Waals surface area contributed by atoms with Crippen LogP contribution in [0.2, 0.25) is 5.02 Å². The summed E-state index contributed by atoms with van der Waals surface area (Å²) < 4.78 is 5.85. The van der Waals surface area contributed by atoms with E-state index in [4.69, 9.17) is 16.3 Å². The third kappa shape index (κ3) is 8.80. The zero-order chi connectivity index (χ0) is 21.5. The average molecular weight is 405 g/mol. The maximum absolute atomic E-state index is 12.7. The molecule has 0 aliphatic carbocycles. The van der Waals surface area contributed by atoms with Gasteiger partial charge in [0.2, 0.25) is 0 Å². The molecule has 0 unspecified atom stereocenters. The van der Waals surface area contributed by atoms with Gasteiger partial charge in [-0.3, -0.25) is 4.79 Å². The van der Waals surface area contributed by atoms with Gasteiger partial charge >= 0.3 is 0 Å². The molecule has 5 heteroatoms. The number of halogens is 1. The highest BCUT2D eigenvalue weighted by Gasteiger charge is 2.28. The SMILES string of the molecule is CC(C)CCOc1ccc(Cl)cc1/C=C(\C#N)C(=O)NC(C)(C)CC(C)(C)C. The molecule has 0 heterocycles. The van der Waals surface area contributed by atoms with Gasteiger partial charge in [-0.15, -0.1) is 0 Å². The van der Waals surface area contributed by atoms with Gasteiger partial charge in [0.05, 0.1) is 6.61 Å². The molecule has 0 radical (unpaired) electrons. The molecular weight excluding hydrogens is 372 g/mol. The van der Waals surface area contributed by atoms with Gasteiger partial charge in [0, 0.05) is 16.1 Å². The van der Waals surface area contributed by atoms with Crippen molar-refractivity contribution in [3.05, 3.63) is 34.4 Å². The summed E-state index contributed by atoms with van der Waals surface area (Å²) in [5.74, 6) is 0.737. The quantitative estimate of drug-likeness (QED) is 0.426. The lowest BCUT2D eigenvalue weighted by atomic mass is 9.81. The number of nitrogens with one attached hydrogen (secondary N) is 1. The normalized spacial score (nSPS) is 12.6. The van der Waals surface area contributed by atoms with Crippen molar-refractivity contribution in [1.82, 2.24) is 5.32 Å². The van der Waals surface area contributed by atoms with Gasteiger partial charge in [0.25, 0.3) is 5.91 Å². The molecule has 0 saturated carbocycles. The summed E-state index contributed by atoms with van der Waals surface area (Å²) in [7, 11) is 0. The van der Waals surface area contributed by atoms with Gasteiger partial charge < -0.3 is 10.1 Å². The first-order valence-electron chi connectivity index (χ1n) is 9.69. The predicted molar refractivity (Wildman–Crippen MR) is 116 cm³/mol. The summed E-state index contributed by atoms with van der Waals surface area (Å²) >= 11 is 6.12. The largest absolute Gasteiger partial charge is 0.493 e. The topological polar surface area (TPSA) is 62.1 Å². The second-order valence-corrected chi connectivity index (χ2v) is 9.89. The van der Waals surface area contributed by atoms with E-state index in [-0.39, 0.29) is 11.0 Å². The Kier molecular flexibility index (Phi) is 8.57. The molecular formula is C23H33ClN2O2. The van der Waals surface area contributed by atoms with Crippen LogP contribution in [0.1, 0.15) is 66.9 Å². The van der Waals surface area contributed by atoms with Crippen LogP contribution in [-0.2, 0) is 4.79 Å². The molecule has 1 amide bonds. The fourth-order valence-electron chi connectivity index (χ4n) is 3.22. The second kappa shape index (κ2) is 9.98. The van der Waals surface area contributed by atoms with Gasteiger partial charge in [0.1, 0.15) is 17.4 Å². The summed E-state index contributed by atoms with van der Waals surface area (Å²) in [6.45, 7) is 15.1. The summed E-state index contributed by atoms with van der Waals surface area (Å²) in [5, 5.41) is 13.0. The molecule has 0 aliphatic rings. The zero-order valence-electron chi connectivity index (χ0n) is 18.1. The highest BCUT2D eigenvalue weighted by atomic mass is 35.5. The molecule has 28 heavy (non-hydrogen) atoms. The molecule has 0 saturated heterocycles. The summed E-state index contributed by atoms with van der Waals surface area (Å²) in [6.07, 6.45) is 3.24. The molecule has 0 aliphatic heterocycles. The van der Waals surface area contributed by atoms with Crippen molar-refractivity contribution in [3.63, 3.8) is 0 Å². The fourth-order valence-corrected chi connectivity index (χ4v) is 3.40. The van der Waals surface area contributed by atoms with Crippen molar-refractivity contribution < 1.29 is 9.53 Å². The smallest absolute Gasteiger partial charge is 0.262 e. The van der Waals surface area contributed by atoms with Gasteiger partial charge in [-0.05, 0) is 62.3 Å². The number of hydrogen-bond acceptors (Lipinski definition) is 3. The first-order valence-corrected chi connectivity index (χ1v) is 10.1. The van der Waals surface area contributed by atoms with Gasteiger partial charge in [0.15, 0.2) is 0 Å². The zero-order valence-corrected chi connectivity index (χ0v) is 18.9. The van der Waals surface area contributed by atoms with Crippen molar-refractivity contribution in [2.24, 2.45) is 11.3 Å². The Bertz CT molecular complexity index is 753. The van der Waals surface area contributed by atoms with Crippen LogP contribution in [0, 0.1) is 22.7 Å². The van der Waals surface area contributed by atoms with Crippen LogP contribution in [0.25, 0.3) is 6.08 Å². The van der Waals surface area contributed by atoms with Crippen molar-refractivity contribution in [1.29, 1.82) is 5.26 Å². The van der Waals surface area contributed by atoms with E-state index >= 15 is 0 Å². The summed E-state index contributed by atoms with van der Waals surface area (Å²) in [5.41, 5.74) is 0.267. The van der Waals surface area contributed by atoms with Crippen LogP contribution in [-0.4, -0.2) is 18.1 Å². The summed E-state index contributed by atoms with van der Waals surface area (Å²) in [4.78, 5) is 12.7. The van der Waals surface area contributed by atoms with Crippen molar-refractivity contribution in [2.45, 2.75) is 66.8 Å². The van der Waals surface area contributed by atoms with Crippen LogP contribution in [0.5, 0.6) is 5.75 Å². The minimum absolute atomic E-state index is 0.0259. The number of carbonyl (C=O) groups excluding carboxylic acids is 1. The molecule has 0 spiro atoms. The monoisotopic (exact) mass is 404 g/mol. The standard InChI is InChI=1S/C23H33ClN2O2/c1-16(2)10-11-28-20-9-8-19(24)13-17(20)12-18(14-25)21(27)26-23(6,7)15-22(3,4)5/h8-9,12-13,16H,10-11,15H2,1-7H3,(H,26,27)/b18-12+. The number of nitriles is 1. The first-order chi connectivity index (χ1) is 12.8. The summed E-state index contributed by atoms with van der Waals surface area (Å²) in [6, 6.07) is 7.22. The molecule has 0 aromatic heterocycles. The number of nitrogens with zero attached hydrogens (tertiary/aromatic N) is 1. The first kappa shape index (κ1) is 24.0. The fraction of sp³-hybridized carbons (Fsp3) is 0.565. The number of benzene rings is 1. The Hall–Kier alpha value is -1.99. The Morgan fingerprint density at radius 1 is 1.29 bits per heavy atom. The number of carbonyl (C=O) groups is 1. The lowest BCUT2D eigenvalue weighted by Crippen LogP contribution is -2.46. The average Bonchev–Trinajstić information content (AvgIpc) is 2.51. The van der Waals surface area contributed by atoms with Crippen LogP contribution < -0.4 is 10.1 Å². The molecule has 1 aromatic carbocycles. The molecule has 1 rings (SSSR count). The molecule has 0 fully saturated rings. The van der Waals surface area contributed by atoms with E-state index in [9.17, 15) is 10.1 Å². The molecule has 154 valence electrons. The minimum Gasteiger partial charge on any atom is -0.493 e. The van der Waals surface area contributed by atoms with E-state index < -0.39 is 11.4 Å². The molecule has 0 atom stereocenters. The maximum atomic E-state index is 12.7. The Morgan fingerprint density at radius 3 is 2.46 bits per heavy atom. The number of rotatable bonds is 8.